The first kappa shape index (κ1) is 21.8. The Morgan fingerprint density at radius 1 is 0.939 bits per heavy atom. The normalized spacial score (nSPS) is 26.3. The van der Waals surface area contributed by atoms with Crippen molar-refractivity contribution >= 4 is 16.9 Å². The van der Waals surface area contributed by atoms with E-state index in [1.807, 2.05) is 60.7 Å². The van der Waals surface area contributed by atoms with Gasteiger partial charge in [0.05, 0.1) is 13.2 Å². The molecule has 3 aromatic carbocycles. The summed E-state index contributed by atoms with van der Waals surface area (Å²) in [4.78, 5) is 17.4. The molecule has 2 bridgehead atoms. The molecule has 33 heavy (non-hydrogen) atoms. The highest BCUT2D eigenvalue weighted by atomic mass is 16.8. The highest BCUT2D eigenvalue weighted by molar-refractivity contribution is 5.82. The van der Waals surface area contributed by atoms with Gasteiger partial charge in [0, 0.05) is 0 Å². The standard InChI is InChI=1S/C25H25NO7/c27-21-22(29-14-17-10-11-18-8-4-5-9-19(18)12-17)20-15-30-24(32-20)23(21)33-26-25(28)31-13-16-6-2-1-3-7-16/h1-12,20-24,27H,13-15H2,(H,26,28)/t20-,21+,22-,23-,24-/m1/s1. The molecular formula is C25H25NO7. The molecule has 2 saturated heterocycles. The van der Waals surface area contributed by atoms with E-state index in [0.29, 0.717) is 0 Å². The second-order valence-electron chi connectivity index (χ2n) is 8.07. The number of hydroxylamine groups is 1. The molecule has 0 spiro atoms. The van der Waals surface area contributed by atoms with Gasteiger partial charge in [0.2, 0.25) is 0 Å². The van der Waals surface area contributed by atoms with Crippen LogP contribution in [0.3, 0.4) is 0 Å². The van der Waals surface area contributed by atoms with E-state index in [9.17, 15) is 9.90 Å². The number of hydrogen-bond donors (Lipinski definition) is 2. The van der Waals surface area contributed by atoms with E-state index in [1.54, 1.807) is 0 Å². The molecule has 2 aliphatic heterocycles. The van der Waals surface area contributed by atoms with Crippen LogP contribution in [0.15, 0.2) is 72.8 Å². The van der Waals surface area contributed by atoms with Crippen LogP contribution in [0.25, 0.3) is 10.8 Å². The van der Waals surface area contributed by atoms with Crippen molar-refractivity contribution in [1.29, 1.82) is 0 Å². The van der Waals surface area contributed by atoms with Crippen molar-refractivity contribution in [1.82, 2.24) is 5.48 Å². The number of benzene rings is 3. The Labute approximate surface area is 190 Å². The third-order valence-electron chi connectivity index (χ3n) is 5.79. The number of aliphatic hydroxyl groups is 1. The molecular weight excluding hydrogens is 426 g/mol. The fourth-order valence-corrected chi connectivity index (χ4v) is 4.07. The van der Waals surface area contributed by atoms with Crippen molar-refractivity contribution in [3.63, 3.8) is 0 Å². The second kappa shape index (κ2) is 9.86. The third-order valence-corrected chi connectivity index (χ3v) is 5.79. The predicted octanol–water partition coefficient (Wildman–Crippen LogP) is 3.07. The Morgan fingerprint density at radius 3 is 2.58 bits per heavy atom. The Bertz CT molecular complexity index is 1090. The number of rotatable bonds is 7. The minimum absolute atomic E-state index is 0.0965. The Balaban J connectivity index is 1.16. The summed E-state index contributed by atoms with van der Waals surface area (Å²) >= 11 is 0. The highest BCUT2D eigenvalue weighted by Crippen LogP contribution is 2.32. The molecule has 0 saturated carbocycles. The largest absolute Gasteiger partial charge is 0.443 e. The average molecular weight is 451 g/mol. The van der Waals surface area contributed by atoms with E-state index in [-0.39, 0.29) is 19.8 Å². The SMILES string of the molecule is O=C(NO[C@H]1[C@@H]2OC[C@@H](O2)[C@@H](OCc2ccc3ccccc3c2)[C@@H]1O)OCc1ccccc1. The number of aliphatic hydroxyl groups excluding tert-OH is 1. The molecule has 2 fully saturated rings. The molecule has 1 amide bonds. The summed E-state index contributed by atoms with van der Waals surface area (Å²) in [6, 6.07) is 23.4. The number of hydrogen-bond acceptors (Lipinski definition) is 7. The maximum Gasteiger partial charge on any atom is 0.431 e. The van der Waals surface area contributed by atoms with Crippen LogP contribution in [0.1, 0.15) is 11.1 Å². The van der Waals surface area contributed by atoms with Gasteiger partial charge in [0.25, 0.3) is 0 Å². The molecule has 2 heterocycles. The quantitative estimate of drug-likeness (QED) is 0.533. The molecule has 8 heteroatoms. The van der Waals surface area contributed by atoms with Crippen molar-refractivity contribution in [2.45, 2.75) is 43.9 Å². The molecule has 0 aromatic heterocycles. The van der Waals surface area contributed by atoms with Crippen molar-refractivity contribution in [2.24, 2.45) is 0 Å². The van der Waals surface area contributed by atoms with E-state index >= 15 is 0 Å². The monoisotopic (exact) mass is 451 g/mol. The third kappa shape index (κ3) is 5.00. The topological polar surface area (TPSA) is 95.5 Å². The number of carbonyl (C=O) groups is 1. The van der Waals surface area contributed by atoms with Crippen molar-refractivity contribution < 1.29 is 33.7 Å². The zero-order valence-electron chi connectivity index (χ0n) is 17.8. The summed E-state index contributed by atoms with van der Waals surface area (Å²) in [7, 11) is 0. The van der Waals surface area contributed by atoms with Crippen LogP contribution in [-0.2, 0) is 37.0 Å². The van der Waals surface area contributed by atoms with Gasteiger partial charge in [-0.05, 0) is 28.0 Å². The predicted molar refractivity (Wildman–Crippen MR) is 118 cm³/mol. The van der Waals surface area contributed by atoms with Crippen molar-refractivity contribution in [3.8, 4) is 0 Å². The number of fused-ring (bicyclic) bond motifs is 3. The molecule has 2 N–H and O–H groups in total. The molecule has 5 atom stereocenters. The van der Waals surface area contributed by atoms with Crippen LogP contribution >= 0.6 is 0 Å². The average Bonchev–Trinajstić information content (AvgIpc) is 3.28. The maximum absolute atomic E-state index is 12.0. The van der Waals surface area contributed by atoms with Crippen LogP contribution in [0.4, 0.5) is 4.79 Å². The minimum atomic E-state index is -1.06. The van der Waals surface area contributed by atoms with Crippen LogP contribution in [0, 0.1) is 0 Å². The first-order chi connectivity index (χ1) is 16.2. The lowest BCUT2D eigenvalue weighted by Gasteiger charge is -2.37. The van der Waals surface area contributed by atoms with Crippen LogP contribution in [0.2, 0.25) is 0 Å². The van der Waals surface area contributed by atoms with E-state index in [4.69, 9.17) is 23.8 Å². The van der Waals surface area contributed by atoms with Gasteiger partial charge in [-0.15, -0.1) is 0 Å². The van der Waals surface area contributed by atoms with Gasteiger partial charge in [0.1, 0.15) is 24.9 Å². The van der Waals surface area contributed by atoms with E-state index in [1.165, 1.54) is 0 Å². The lowest BCUT2D eigenvalue weighted by atomic mass is 10.0. The van der Waals surface area contributed by atoms with Gasteiger partial charge in [-0.2, -0.15) is 5.48 Å². The fraction of sp³-hybridized carbons (Fsp3) is 0.320. The molecule has 5 rings (SSSR count). The van der Waals surface area contributed by atoms with Gasteiger partial charge >= 0.3 is 6.09 Å². The van der Waals surface area contributed by atoms with Crippen LogP contribution in [-0.4, -0.2) is 48.5 Å². The van der Waals surface area contributed by atoms with Gasteiger partial charge in [-0.1, -0.05) is 66.7 Å². The van der Waals surface area contributed by atoms with Crippen molar-refractivity contribution in [2.75, 3.05) is 6.61 Å². The summed E-state index contributed by atoms with van der Waals surface area (Å²) in [6.45, 7) is 0.651. The van der Waals surface area contributed by atoms with Gasteiger partial charge < -0.3 is 24.1 Å². The smallest absolute Gasteiger partial charge is 0.431 e. The van der Waals surface area contributed by atoms with Crippen LogP contribution < -0.4 is 5.48 Å². The second-order valence-corrected chi connectivity index (χ2v) is 8.07. The van der Waals surface area contributed by atoms with E-state index in [2.05, 4.69) is 17.6 Å². The number of amides is 1. The zero-order valence-corrected chi connectivity index (χ0v) is 17.8. The summed E-state index contributed by atoms with van der Waals surface area (Å²) in [5.41, 5.74) is 4.03. The highest BCUT2D eigenvalue weighted by Gasteiger charge is 2.52. The van der Waals surface area contributed by atoms with E-state index in [0.717, 1.165) is 21.9 Å². The Morgan fingerprint density at radius 2 is 1.73 bits per heavy atom. The van der Waals surface area contributed by atoms with Gasteiger partial charge in [-0.3, -0.25) is 4.84 Å². The first-order valence-electron chi connectivity index (χ1n) is 10.8. The molecule has 3 aromatic rings. The summed E-state index contributed by atoms with van der Waals surface area (Å²) in [6.07, 6.45) is -4.71. The Hall–Kier alpha value is -3.01. The molecule has 2 aliphatic rings. The fourth-order valence-electron chi connectivity index (χ4n) is 4.07. The van der Waals surface area contributed by atoms with Crippen molar-refractivity contribution in [3.05, 3.63) is 83.9 Å². The maximum atomic E-state index is 12.0. The lowest BCUT2D eigenvalue weighted by Crippen LogP contribution is -2.57. The number of nitrogens with one attached hydrogen (secondary N) is 1. The summed E-state index contributed by atoms with van der Waals surface area (Å²) in [5.74, 6) is 0. The van der Waals surface area contributed by atoms with E-state index < -0.39 is 36.8 Å². The molecule has 0 unspecified atom stereocenters. The van der Waals surface area contributed by atoms with Gasteiger partial charge in [-0.25, -0.2) is 4.79 Å². The summed E-state index contributed by atoms with van der Waals surface area (Å²) in [5, 5.41) is 13.1. The minimum Gasteiger partial charge on any atom is -0.443 e. The number of carbonyl (C=O) groups excluding carboxylic acids is 1. The molecule has 8 nitrogen and oxygen atoms in total. The molecule has 172 valence electrons. The Kier molecular flexibility index (Phi) is 6.52. The zero-order chi connectivity index (χ0) is 22.6. The number of ether oxygens (including phenoxy) is 4. The first-order valence-corrected chi connectivity index (χ1v) is 10.8. The lowest BCUT2D eigenvalue weighted by molar-refractivity contribution is -0.263. The van der Waals surface area contributed by atoms with Gasteiger partial charge in [0.15, 0.2) is 12.4 Å². The van der Waals surface area contributed by atoms with Crippen LogP contribution in [0.5, 0.6) is 0 Å². The molecule has 0 aliphatic carbocycles. The molecule has 0 radical (unpaired) electrons. The summed E-state index contributed by atoms with van der Waals surface area (Å²) < 4.78 is 22.5.